The number of carbonyl (C=O) groups is 1. The second kappa shape index (κ2) is 6.54. The van der Waals surface area contributed by atoms with Crippen LogP contribution in [-0.4, -0.2) is 15.7 Å². The zero-order valence-electron chi connectivity index (χ0n) is 12.9. The molecule has 116 valence electrons. The lowest BCUT2D eigenvalue weighted by Crippen LogP contribution is -2.13. The van der Waals surface area contributed by atoms with E-state index in [-0.39, 0.29) is 5.91 Å². The van der Waals surface area contributed by atoms with E-state index in [1.807, 2.05) is 73.1 Å². The summed E-state index contributed by atoms with van der Waals surface area (Å²) >= 11 is 2.22. The maximum atomic E-state index is 12.4. The molecule has 1 N–H and O–H groups in total. The fourth-order valence-electron chi connectivity index (χ4n) is 2.43. The van der Waals surface area contributed by atoms with E-state index in [9.17, 15) is 4.79 Å². The maximum Gasteiger partial charge on any atom is 0.255 e. The van der Waals surface area contributed by atoms with Gasteiger partial charge in [-0.05, 0) is 72.8 Å². The van der Waals surface area contributed by atoms with E-state index in [1.165, 1.54) is 0 Å². The van der Waals surface area contributed by atoms with Crippen molar-refractivity contribution in [1.82, 2.24) is 9.78 Å². The van der Waals surface area contributed by atoms with Gasteiger partial charge < -0.3 is 5.32 Å². The molecule has 3 rings (SSSR count). The van der Waals surface area contributed by atoms with Crippen LogP contribution in [0, 0.1) is 17.4 Å². The Hall–Kier alpha value is -2.15. The molecule has 0 saturated heterocycles. The zero-order valence-corrected chi connectivity index (χ0v) is 15.0. The molecule has 0 atom stereocenters. The minimum atomic E-state index is -0.125. The first-order valence-corrected chi connectivity index (χ1v) is 8.32. The third kappa shape index (κ3) is 3.29. The molecule has 0 radical (unpaired) electrons. The standard InChI is InChI=1S/C18H16IN3O/c1-12-17(20-18(23)14-8-10-15(19)11-9-14)13(2)22(21-12)16-6-4-3-5-7-16/h3-11H,1-2H3,(H,20,23). The zero-order chi connectivity index (χ0) is 16.4. The highest BCUT2D eigenvalue weighted by molar-refractivity contribution is 14.1. The molecule has 0 aliphatic rings. The first kappa shape index (κ1) is 15.7. The van der Waals surface area contributed by atoms with Gasteiger partial charge in [0, 0.05) is 9.13 Å². The Morgan fingerprint density at radius 3 is 2.35 bits per heavy atom. The topological polar surface area (TPSA) is 46.9 Å². The number of para-hydroxylation sites is 1. The number of nitrogens with zero attached hydrogens (tertiary/aromatic N) is 2. The lowest BCUT2D eigenvalue weighted by molar-refractivity contribution is 0.102. The van der Waals surface area contributed by atoms with Crippen molar-refractivity contribution in [3.8, 4) is 5.69 Å². The summed E-state index contributed by atoms with van der Waals surface area (Å²) in [4.78, 5) is 12.4. The first-order valence-electron chi connectivity index (χ1n) is 7.25. The SMILES string of the molecule is Cc1nn(-c2ccccc2)c(C)c1NC(=O)c1ccc(I)cc1. The summed E-state index contributed by atoms with van der Waals surface area (Å²) in [7, 11) is 0. The molecule has 4 nitrogen and oxygen atoms in total. The number of hydrogen-bond acceptors (Lipinski definition) is 2. The molecular formula is C18H16IN3O. The fraction of sp³-hybridized carbons (Fsp3) is 0.111. The average Bonchev–Trinajstić information content (AvgIpc) is 2.84. The molecule has 23 heavy (non-hydrogen) atoms. The molecule has 1 amide bonds. The molecule has 5 heteroatoms. The Bertz CT molecular complexity index is 839. The number of nitrogens with one attached hydrogen (secondary N) is 1. The third-order valence-electron chi connectivity index (χ3n) is 3.64. The molecule has 0 aliphatic carbocycles. The second-order valence-electron chi connectivity index (χ2n) is 5.25. The van der Waals surface area contributed by atoms with Crippen LogP contribution in [0.5, 0.6) is 0 Å². The number of aromatic nitrogens is 2. The van der Waals surface area contributed by atoms with Gasteiger partial charge in [-0.3, -0.25) is 4.79 Å². The van der Waals surface area contributed by atoms with Crippen molar-refractivity contribution in [1.29, 1.82) is 0 Å². The van der Waals surface area contributed by atoms with E-state index >= 15 is 0 Å². The minimum absolute atomic E-state index is 0.125. The van der Waals surface area contributed by atoms with Gasteiger partial charge in [0.2, 0.25) is 0 Å². The van der Waals surface area contributed by atoms with E-state index < -0.39 is 0 Å². The molecular weight excluding hydrogens is 401 g/mol. The van der Waals surface area contributed by atoms with Gasteiger partial charge in [0.15, 0.2) is 0 Å². The van der Waals surface area contributed by atoms with Crippen LogP contribution in [0.4, 0.5) is 5.69 Å². The highest BCUT2D eigenvalue weighted by atomic mass is 127. The smallest absolute Gasteiger partial charge is 0.255 e. The Morgan fingerprint density at radius 1 is 1.04 bits per heavy atom. The molecule has 0 fully saturated rings. The van der Waals surface area contributed by atoms with Gasteiger partial charge in [-0.2, -0.15) is 5.10 Å². The van der Waals surface area contributed by atoms with Crippen LogP contribution in [-0.2, 0) is 0 Å². The third-order valence-corrected chi connectivity index (χ3v) is 4.36. The molecule has 1 heterocycles. The monoisotopic (exact) mass is 417 g/mol. The van der Waals surface area contributed by atoms with Crippen LogP contribution in [0.1, 0.15) is 21.7 Å². The number of amides is 1. The number of carbonyl (C=O) groups excluding carboxylic acids is 1. The van der Waals surface area contributed by atoms with E-state index in [0.717, 1.165) is 26.3 Å². The summed E-state index contributed by atoms with van der Waals surface area (Å²) in [6.07, 6.45) is 0. The lowest BCUT2D eigenvalue weighted by Gasteiger charge is -2.07. The summed E-state index contributed by atoms with van der Waals surface area (Å²) in [6, 6.07) is 17.4. The Morgan fingerprint density at radius 2 is 1.70 bits per heavy atom. The number of halogens is 1. The summed E-state index contributed by atoms with van der Waals surface area (Å²) < 4.78 is 2.95. The number of benzene rings is 2. The van der Waals surface area contributed by atoms with Gasteiger partial charge in [-0.15, -0.1) is 0 Å². The summed E-state index contributed by atoms with van der Waals surface area (Å²) in [5.74, 6) is -0.125. The van der Waals surface area contributed by atoms with E-state index in [2.05, 4.69) is 33.0 Å². The normalized spacial score (nSPS) is 10.6. The van der Waals surface area contributed by atoms with Crippen molar-refractivity contribution in [2.45, 2.75) is 13.8 Å². The molecule has 0 bridgehead atoms. The largest absolute Gasteiger partial charge is 0.319 e. The molecule has 0 unspecified atom stereocenters. The fourth-order valence-corrected chi connectivity index (χ4v) is 2.79. The minimum Gasteiger partial charge on any atom is -0.319 e. The Balaban J connectivity index is 1.90. The quantitative estimate of drug-likeness (QED) is 0.645. The Kier molecular flexibility index (Phi) is 4.47. The maximum absolute atomic E-state index is 12.4. The molecule has 0 saturated carbocycles. The van der Waals surface area contributed by atoms with Crippen LogP contribution in [0.2, 0.25) is 0 Å². The van der Waals surface area contributed by atoms with Crippen LogP contribution in [0.25, 0.3) is 5.69 Å². The molecule has 0 aliphatic heterocycles. The van der Waals surface area contributed by atoms with Gasteiger partial charge in [-0.1, -0.05) is 18.2 Å². The molecule has 2 aromatic carbocycles. The average molecular weight is 417 g/mol. The van der Waals surface area contributed by atoms with Crippen LogP contribution < -0.4 is 5.32 Å². The van der Waals surface area contributed by atoms with Gasteiger partial charge in [0.1, 0.15) is 0 Å². The van der Waals surface area contributed by atoms with Gasteiger partial charge in [0.05, 0.1) is 22.8 Å². The molecule has 0 spiro atoms. The van der Waals surface area contributed by atoms with Crippen LogP contribution >= 0.6 is 22.6 Å². The van der Waals surface area contributed by atoms with Crippen LogP contribution in [0.3, 0.4) is 0 Å². The predicted molar refractivity (Wildman–Crippen MR) is 100 cm³/mol. The van der Waals surface area contributed by atoms with Crippen molar-refractivity contribution in [2.24, 2.45) is 0 Å². The second-order valence-corrected chi connectivity index (χ2v) is 6.50. The lowest BCUT2D eigenvalue weighted by atomic mass is 10.2. The van der Waals surface area contributed by atoms with Gasteiger partial charge in [0.25, 0.3) is 5.91 Å². The van der Waals surface area contributed by atoms with Gasteiger partial charge in [-0.25, -0.2) is 4.68 Å². The van der Waals surface area contributed by atoms with Crippen LogP contribution in [0.15, 0.2) is 54.6 Å². The summed E-state index contributed by atoms with van der Waals surface area (Å²) in [5, 5.41) is 7.52. The summed E-state index contributed by atoms with van der Waals surface area (Å²) in [5.41, 5.74) is 4.08. The van der Waals surface area contributed by atoms with Crippen molar-refractivity contribution < 1.29 is 4.79 Å². The van der Waals surface area contributed by atoms with Crippen molar-refractivity contribution >= 4 is 34.2 Å². The first-order chi connectivity index (χ1) is 11.1. The number of rotatable bonds is 3. The van der Waals surface area contributed by atoms with E-state index in [0.29, 0.717) is 5.56 Å². The highest BCUT2D eigenvalue weighted by Crippen LogP contribution is 2.23. The number of aryl methyl sites for hydroxylation is 1. The summed E-state index contributed by atoms with van der Waals surface area (Å²) in [6.45, 7) is 3.85. The molecule has 1 aromatic heterocycles. The highest BCUT2D eigenvalue weighted by Gasteiger charge is 2.16. The van der Waals surface area contributed by atoms with Crippen molar-refractivity contribution in [3.05, 3.63) is 75.1 Å². The predicted octanol–water partition coefficient (Wildman–Crippen LogP) is 4.35. The Labute approximate surface area is 148 Å². The van der Waals surface area contributed by atoms with Gasteiger partial charge >= 0.3 is 0 Å². The molecule has 3 aromatic rings. The van der Waals surface area contributed by atoms with Crippen molar-refractivity contribution in [2.75, 3.05) is 5.32 Å². The number of anilines is 1. The van der Waals surface area contributed by atoms with E-state index in [1.54, 1.807) is 0 Å². The number of hydrogen-bond donors (Lipinski definition) is 1. The van der Waals surface area contributed by atoms with E-state index in [4.69, 9.17) is 0 Å². The van der Waals surface area contributed by atoms with Crippen molar-refractivity contribution in [3.63, 3.8) is 0 Å².